The number of aryl methyl sites for hydroxylation is 1. The molecule has 1 amide bonds. The van der Waals surface area contributed by atoms with Gasteiger partial charge >= 0.3 is 5.69 Å². The molecule has 0 spiro atoms. The van der Waals surface area contributed by atoms with Crippen LogP contribution in [0.4, 0.5) is 0 Å². The molecular weight excluding hydrogens is 414 g/mol. The van der Waals surface area contributed by atoms with E-state index in [4.69, 9.17) is 4.74 Å². The Hall–Kier alpha value is -2.79. The van der Waals surface area contributed by atoms with Gasteiger partial charge in [-0.25, -0.2) is 4.79 Å². The maximum absolute atomic E-state index is 12.8. The summed E-state index contributed by atoms with van der Waals surface area (Å²) < 4.78 is 8.61. The van der Waals surface area contributed by atoms with Crippen molar-refractivity contribution >= 4 is 5.91 Å². The van der Waals surface area contributed by atoms with Crippen LogP contribution in [-0.4, -0.2) is 67.7 Å². The molecule has 4 rings (SSSR count). The summed E-state index contributed by atoms with van der Waals surface area (Å²) in [6.07, 6.45) is 7.73. The van der Waals surface area contributed by atoms with Crippen molar-refractivity contribution in [2.24, 2.45) is 5.92 Å². The van der Waals surface area contributed by atoms with Gasteiger partial charge in [-0.1, -0.05) is 11.6 Å². The molecule has 2 fully saturated rings. The number of rotatable bonds is 8. The molecule has 0 bridgehead atoms. The fourth-order valence-electron chi connectivity index (χ4n) is 4.32. The number of H-pyrrole nitrogens is 1. The Balaban J connectivity index is 1.28. The number of amides is 1. The molecular formula is C21H31N7O4. The third-order valence-electron chi connectivity index (χ3n) is 6.12. The number of aromatic amines is 1. The van der Waals surface area contributed by atoms with Gasteiger partial charge in [0, 0.05) is 70.3 Å². The molecule has 11 nitrogen and oxygen atoms in total. The fraction of sp³-hybridized carbons (Fsp3) is 0.667. The van der Waals surface area contributed by atoms with E-state index in [0.717, 1.165) is 57.7 Å². The van der Waals surface area contributed by atoms with Crippen molar-refractivity contribution in [1.82, 2.24) is 34.8 Å². The van der Waals surface area contributed by atoms with Crippen molar-refractivity contribution in [3.8, 4) is 0 Å². The van der Waals surface area contributed by atoms with E-state index >= 15 is 0 Å². The number of carbonyl (C=O) groups is 1. The van der Waals surface area contributed by atoms with Crippen molar-refractivity contribution in [3.05, 3.63) is 45.0 Å². The van der Waals surface area contributed by atoms with Crippen LogP contribution in [0.25, 0.3) is 0 Å². The third-order valence-corrected chi connectivity index (χ3v) is 6.12. The molecule has 2 aromatic heterocycles. The van der Waals surface area contributed by atoms with Crippen LogP contribution in [0, 0.1) is 5.92 Å². The average molecular weight is 446 g/mol. The molecule has 0 saturated carbocycles. The SMILES string of the molecule is O=C(CCn1ccc(=O)[nH]c1=O)N1CCCCC(Cn2cc(CNC3CCOC3)nn2)C1. The third kappa shape index (κ3) is 6.13. The van der Waals surface area contributed by atoms with E-state index in [1.54, 1.807) is 0 Å². The predicted octanol–water partition coefficient (Wildman–Crippen LogP) is -0.274. The zero-order valence-corrected chi connectivity index (χ0v) is 18.2. The van der Waals surface area contributed by atoms with Gasteiger partial charge in [-0.15, -0.1) is 5.10 Å². The maximum Gasteiger partial charge on any atom is 0.328 e. The molecule has 4 heterocycles. The highest BCUT2D eigenvalue weighted by molar-refractivity contribution is 5.76. The summed E-state index contributed by atoms with van der Waals surface area (Å²) in [6.45, 7) is 4.61. The topological polar surface area (TPSA) is 127 Å². The van der Waals surface area contributed by atoms with Crippen molar-refractivity contribution < 1.29 is 9.53 Å². The Labute approximate surface area is 185 Å². The summed E-state index contributed by atoms with van der Waals surface area (Å²) in [4.78, 5) is 39.9. The van der Waals surface area contributed by atoms with Crippen molar-refractivity contribution in [2.45, 2.75) is 57.8 Å². The van der Waals surface area contributed by atoms with E-state index in [-0.39, 0.29) is 18.9 Å². The highest BCUT2D eigenvalue weighted by atomic mass is 16.5. The van der Waals surface area contributed by atoms with Gasteiger partial charge in [-0.3, -0.25) is 19.3 Å². The average Bonchev–Trinajstić information content (AvgIpc) is 3.39. The number of hydrogen-bond donors (Lipinski definition) is 2. The molecule has 0 radical (unpaired) electrons. The molecule has 2 aromatic rings. The van der Waals surface area contributed by atoms with Gasteiger partial charge in [-0.2, -0.15) is 0 Å². The van der Waals surface area contributed by atoms with Crippen LogP contribution < -0.4 is 16.6 Å². The lowest BCUT2D eigenvalue weighted by Gasteiger charge is -2.24. The molecule has 2 N–H and O–H groups in total. The molecule has 11 heteroatoms. The number of aromatic nitrogens is 5. The van der Waals surface area contributed by atoms with Gasteiger partial charge < -0.3 is 19.5 Å². The second-order valence-electron chi connectivity index (χ2n) is 8.63. The van der Waals surface area contributed by atoms with E-state index in [1.807, 2.05) is 15.8 Å². The van der Waals surface area contributed by atoms with Crippen molar-refractivity contribution in [1.29, 1.82) is 0 Å². The van der Waals surface area contributed by atoms with Crippen LogP contribution in [0.15, 0.2) is 28.0 Å². The lowest BCUT2D eigenvalue weighted by Crippen LogP contribution is -2.37. The molecule has 0 aliphatic carbocycles. The first-order chi connectivity index (χ1) is 15.6. The van der Waals surface area contributed by atoms with Crippen LogP contribution in [0.1, 0.15) is 37.8 Å². The second kappa shape index (κ2) is 10.7. The van der Waals surface area contributed by atoms with E-state index in [9.17, 15) is 14.4 Å². The van der Waals surface area contributed by atoms with E-state index in [0.29, 0.717) is 25.0 Å². The van der Waals surface area contributed by atoms with Crippen LogP contribution >= 0.6 is 0 Å². The number of carbonyl (C=O) groups excluding carboxylic acids is 1. The maximum atomic E-state index is 12.8. The van der Waals surface area contributed by atoms with Crippen molar-refractivity contribution in [3.63, 3.8) is 0 Å². The molecule has 2 unspecified atom stereocenters. The van der Waals surface area contributed by atoms with Gasteiger partial charge in [0.2, 0.25) is 5.91 Å². The molecule has 32 heavy (non-hydrogen) atoms. The van der Waals surface area contributed by atoms with E-state index < -0.39 is 11.2 Å². The number of hydrogen-bond acceptors (Lipinski definition) is 7. The summed E-state index contributed by atoms with van der Waals surface area (Å²) in [7, 11) is 0. The first-order valence-corrected chi connectivity index (χ1v) is 11.3. The summed E-state index contributed by atoms with van der Waals surface area (Å²) >= 11 is 0. The Kier molecular flexibility index (Phi) is 7.48. The van der Waals surface area contributed by atoms with Crippen LogP contribution in [0.5, 0.6) is 0 Å². The van der Waals surface area contributed by atoms with Gasteiger partial charge in [0.1, 0.15) is 0 Å². The fourth-order valence-corrected chi connectivity index (χ4v) is 4.32. The van der Waals surface area contributed by atoms with Crippen LogP contribution in [0.3, 0.4) is 0 Å². The van der Waals surface area contributed by atoms with Crippen LogP contribution in [0.2, 0.25) is 0 Å². The Morgan fingerprint density at radius 1 is 1.28 bits per heavy atom. The van der Waals surface area contributed by atoms with Gasteiger partial charge in [0.25, 0.3) is 5.56 Å². The molecule has 2 atom stereocenters. The predicted molar refractivity (Wildman–Crippen MR) is 116 cm³/mol. The standard InChI is InChI=1S/C21H31N7O4/c29-19-4-8-26(21(31)23-19)9-5-20(30)27-7-2-1-3-16(12-27)13-28-14-18(24-25-28)11-22-17-6-10-32-15-17/h4,8,14,16-17,22H,1-3,5-7,9-13,15H2,(H,23,29,31). The lowest BCUT2D eigenvalue weighted by atomic mass is 10.0. The summed E-state index contributed by atoms with van der Waals surface area (Å²) in [5.74, 6) is 0.334. The zero-order chi connectivity index (χ0) is 22.3. The first-order valence-electron chi connectivity index (χ1n) is 11.3. The second-order valence-corrected chi connectivity index (χ2v) is 8.63. The molecule has 2 saturated heterocycles. The van der Waals surface area contributed by atoms with E-state index in [2.05, 4.69) is 20.6 Å². The van der Waals surface area contributed by atoms with Crippen LogP contribution in [-0.2, 0) is 29.2 Å². The Morgan fingerprint density at radius 3 is 3.00 bits per heavy atom. The molecule has 0 aromatic carbocycles. The number of nitrogens with zero attached hydrogens (tertiary/aromatic N) is 5. The monoisotopic (exact) mass is 445 g/mol. The minimum atomic E-state index is -0.490. The summed E-state index contributed by atoms with van der Waals surface area (Å²) in [6, 6.07) is 1.67. The number of likely N-dealkylation sites (tertiary alicyclic amines) is 1. The highest BCUT2D eigenvalue weighted by Gasteiger charge is 2.23. The highest BCUT2D eigenvalue weighted by Crippen LogP contribution is 2.19. The van der Waals surface area contributed by atoms with Gasteiger partial charge in [0.15, 0.2) is 0 Å². The summed E-state index contributed by atoms with van der Waals surface area (Å²) in [5.41, 5.74) is -0.0201. The lowest BCUT2D eigenvalue weighted by molar-refractivity contribution is -0.132. The van der Waals surface area contributed by atoms with Crippen molar-refractivity contribution in [2.75, 3.05) is 26.3 Å². The minimum absolute atomic E-state index is 0.0252. The van der Waals surface area contributed by atoms with Gasteiger partial charge in [0.05, 0.1) is 12.3 Å². The number of ether oxygens (including phenoxy) is 1. The van der Waals surface area contributed by atoms with E-state index in [1.165, 1.54) is 16.8 Å². The first kappa shape index (κ1) is 22.4. The largest absolute Gasteiger partial charge is 0.380 e. The Bertz CT molecular complexity index is 1010. The molecule has 174 valence electrons. The summed E-state index contributed by atoms with van der Waals surface area (Å²) in [5, 5.41) is 12.0. The Morgan fingerprint density at radius 2 is 2.19 bits per heavy atom. The normalized spacial score (nSPS) is 21.6. The molecule has 2 aliphatic heterocycles. The molecule has 2 aliphatic rings. The quantitative estimate of drug-likeness (QED) is 0.572. The minimum Gasteiger partial charge on any atom is -0.380 e. The van der Waals surface area contributed by atoms with Gasteiger partial charge in [-0.05, 0) is 25.2 Å². The number of nitrogens with one attached hydrogen (secondary N) is 2. The zero-order valence-electron chi connectivity index (χ0n) is 18.2. The smallest absolute Gasteiger partial charge is 0.328 e.